The molecule has 1 atom stereocenters. The number of fused-ring (bicyclic) bond motifs is 1. The minimum Gasteiger partial charge on any atom is -0.462 e. The standard InChI is InChI=1S/C30H40N4O7/c1-6-40-28(36)24-17-22-16-23(18-25(22)31-20-24)27(35)33-26-10-9-21(19-32-26)8-7-12-38-14-15-39-13-11-34(5)29(37)41-30(2,3)4/h7-10,17,19-20,23H,6,11-16,18H2,1-5H3,(H,32,33,35)/b8-7+. The number of hydrogen-bond acceptors (Lipinski definition) is 9. The van der Waals surface area contributed by atoms with Crippen molar-refractivity contribution in [2.24, 2.45) is 5.92 Å². The predicted octanol–water partition coefficient (Wildman–Crippen LogP) is 3.92. The van der Waals surface area contributed by atoms with Crippen LogP contribution in [-0.4, -0.2) is 85.1 Å². The second-order valence-corrected chi connectivity index (χ2v) is 10.6. The van der Waals surface area contributed by atoms with Crippen molar-refractivity contribution in [3.05, 3.63) is 59.1 Å². The molecule has 1 N–H and O–H groups in total. The van der Waals surface area contributed by atoms with E-state index in [0.717, 1.165) is 16.8 Å². The van der Waals surface area contributed by atoms with E-state index in [1.165, 1.54) is 11.1 Å². The Morgan fingerprint density at radius 1 is 1.07 bits per heavy atom. The largest absolute Gasteiger partial charge is 0.462 e. The SMILES string of the molecule is CCOC(=O)c1cnc2c(c1)CC(C(=O)Nc1ccc(/C=C/COCCOCCN(C)C(=O)OC(C)(C)C)cn1)C2. The van der Waals surface area contributed by atoms with E-state index >= 15 is 0 Å². The van der Waals surface area contributed by atoms with E-state index in [1.807, 2.05) is 39.0 Å². The van der Waals surface area contributed by atoms with Crippen LogP contribution in [-0.2, 0) is 36.6 Å². The third-order valence-corrected chi connectivity index (χ3v) is 6.06. The third kappa shape index (κ3) is 10.6. The molecule has 0 fully saturated rings. The fourth-order valence-corrected chi connectivity index (χ4v) is 3.98. The van der Waals surface area contributed by atoms with E-state index in [-0.39, 0.29) is 17.9 Å². The van der Waals surface area contributed by atoms with E-state index in [0.29, 0.717) is 63.8 Å². The van der Waals surface area contributed by atoms with E-state index in [9.17, 15) is 14.4 Å². The Kier molecular flexibility index (Phi) is 11.8. The van der Waals surface area contributed by atoms with Crippen LogP contribution in [0.25, 0.3) is 6.08 Å². The molecule has 11 nitrogen and oxygen atoms in total. The summed E-state index contributed by atoms with van der Waals surface area (Å²) < 4.78 is 21.4. The fraction of sp³-hybridized carbons (Fsp3) is 0.500. The number of nitrogens with zero attached hydrogens (tertiary/aromatic N) is 3. The van der Waals surface area contributed by atoms with Crippen molar-refractivity contribution < 1.29 is 33.3 Å². The first-order valence-corrected chi connectivity index (χ1v) is 13.7. The first-order valence-electron chi connectivity index (χ1n) is 13.7. The molecule has 1 aliphatic carbocycles. The Morgan fingerprint density at radius 3 is 2.56 bits per heavy atom. The van der Waals surface area contributed by atoms with Gasteiger partial charge in [-0.2, -0.15) is 0 Å². The molecule has 2 amide bonds. The molecule has 0 aromatic carbocycles. The summed E-state index contributed by atoms with van der Waals surface area (Å²) in [6.07, 6.45) is 7.58. The van der Waals surface area contributed by atoms with Crippen molar-refractivity contribution in [2.45, 2.75) is 46.1 Å². The molecule has 41 heavy (non-hydrogen) atoms. The number of carbonyl (C=O) groups excluding carboxylic acids is 3. The summed E-state index contributed by atoms with van der Waals surface area (Å²) in [5.74, 6) is -0.354. The molecule has 3 rings (SSSR count). The molecule has 2 aromatic heterocycles. The topological polar surface area (TPSA) is 129 Å². The number of pyridine rings is 2. The fourth-order valence-electron chi connectivity index (χ4n) is 3.98. The summed E-state index contributed by atoms with van der Waals surface area (Å²) >= 11 is 0. The van der Waals surface area contributed by atoms with Gasteiger partial charge in [-0.05, 0) is 63.4 Å². The zero-order chi connectivity index (χ0) is 29.8. The van der Waals surface area contributed by atoms with Crippen LogP contribution in [0.15, 0.2) is 36.7 Å². The van der Waals surface area contributed by atoms with Gasteiger partial charge in [0, 0.05) is 44.0 Å². The molecule has 2 aromatic rings. The first kappa shape index (κ1) is 31.7. The van der Waals surface area contributed by atoms with Crippen LogP contribution in [0, 0.1) is 5.92 Å². The number of anilines is 1. The van der Waals surface area contributed by atoms with Gasteiger partial charge in [-0.25, -0.2) is 14.6 Å². The van der Waals surface area contributed by atoms with Crippen molar-refractivity contribution in [3.63, 3.8) is 0 Å². The third-order valence-electron chi connectivity index (χ3n) is 6.06. The second kappa shape index (κ2) is 15.2. The number of nitrogens with one attached hydrogen (secondary N) is 1. The summed E-state index contributed by atoms with van der Waals surface area (Å²) in [5.41, 5.74) is 2.46. The zero-order valence-electron chi connectivity index (χ0n) is 24.5. The Balaban J connectivity index is 1.31. The average molecular weight is 569 g/mol. The van der Waals surface area contributed by atoms with Crippen LogP contribution in [0.2, 0.25) is 0 Å². The summed E-state index contributed by atoms with van der Waals surface area (Å²) in [4.78, 5) is 46.8. The Morgan fingerprint density at radius 2 is 1.85 bits per heavy atom. The number of rotatable bonds is 13. The summed E-state index contributed by atoms with van der Waals surface area (Å²) in [6, 6.07) is 5.37. The van der Waals surface area contributed by atoms with Gasteiger partial charge in [-0.15, -0.1) is 0 Å². The van der Waals surface area contributed by atoms with Crippen LogP contribution >= 0.6 is 0 Å². The molecule has 0 bridgehead atoms. The van der Waals surface area contributed by atoms with Gasteiger partial charge in [-0.1, -0.05) is 12.2 Å². The van der Waals surface area contributed by atoms with Crippen LogP contribution in [0.1, 0.15) is 54.9 Å². The van der Waals surface area contributed by atoms with Crippen molar-refractivity contribution in [1.29, 1.82) is 0 Å². The summed E-state index contributed by atoms with van der Waals surface area (Å²) in [5, 5.41) is 2.87. The van der Waals surface area contributed by atoms with E-state index in [2.05, 4.69) is 15.3 Å². The number of aromatic nitrogens is 2. The van der Waals surface area contributed by atoms with Crippen LogP contribution in [0.4, 0.5) is 10.6 Å². The van der Waals surface area contributed by atoms with Crippen LogP contribution in [0.3, 0.4) is 0 Å². The van der Waals surface area contributed by atoms with Gasteiger partial charge in [0.15, 0.2) is 0 Å². The van der Waals surface area contributed by atoms with Crippen molar-refractivity contribution in [2.75, 3.05) is 51.9 Å². The molecule has 0 aliphatic heterocycles. The highest BCUT2D eigenvalue weighted by molar-refractivity contribution is 5.93. The Labute approximate surface area is 241 Å². The number of ether oxygens (including phenoxy) is 4. The number of hydrogen-bond donors (Lipinski definition) is 1. The molecular formula is C30H40N4O7. The number of esters is 1. The lowest BCUT2D eigenvalue weighted by molar-refractivity contribution is -0.119. The van der Waals surface area contributed by atoms with Crippen molar-refractivity contribution >= 4 is 29.9 Å². The van der Waals surface area contributed by atoms with Gasteiger partial charge in [0.1, 0.15) is 11.4 Å². The maximum atomic E-state index is 12.8. The van der Waals surface area contributed by atoms with E-state index < -0.39 is 11.6 Å². The van der Waals surface area contributed by atoms with E-state index in [4.69, 9.17) is 18.9 Å². The maximum absolute atomic E-state index is 12.8. The normalized spacial score (nSPS) is 14.5. The van der Waals surface area contributed by atoms with Crippen LogP contribution < -0.4 is 5.32 Å². The minimum absolute atomic E-state index is 0.136. The number of carbonyl (C=O) groups is 3. The van der Waals surface area contributed by atoms with E-state index in [1.54, 1.807) is 32.3 Å². The highest BCUT2D eigenvalue weighted by atomic mass is 16.6. The summed E-state index contributed by atoms with van der Waals surface area (Å²) in [7, 11) is 1.67. The van der Waals surface area contributed by atoms with Crippen molar-refractivity contribution in [1.82, 2.24) is 14.9 Å². The molecule has 1 aliphatic rings. The minimum atomic E-state index is -0.525. The Bertz CT molecular complexity index is 1210. The quantitative estimate of drug-likeness (QED) is 0.282. The maximum Gasteiger partial charge on any atom is 0.410 e. The molecule has 0 saturated carbocycles. The lowest BCUT2D eigenvalue weighted by atomic mass is 10.1. The monoisotopic (exact) mass is 568 g/mol. The van der Waals surface area contributed by atoms with Crippen LogP contribution in [0.5, 0.6) is 0 Å². The molecule has 11 heteroatoms. The molecule has 1 unspecified atom stereocenters. The van der Waals surface area contributed by atoms with Gasteiger partial charge in [0.25, 0.3) is 0 Å². The van der Waals surface area contributed by atoms with Gasteiger partial charge in [-0.3, -0.25) is 9.78 Å². The molecule has 0 radical (unpaired) electrons. The highest BCUT2D eigenvalue weighted by Crippen LogP contribution is 2.27. The van der Waals surface area contributed by atoms with Gasteiger partial charge < -0.3 is 29.2 Å². The van der Waals surface area contributed by atoms with Gasteiger partial charge in [0.2, 0.25) is 5.91 Å². The average Bonchev–Trinajstić information content (AvgIpc) is 3.36. The smallest absolute Gasteiger partial charge is 0.410 e. The second-order valence-electron chi connectivity index (χ2n) is 10.6. The molecule has 0 spiro atoms. The summed E-state index contributed by atoms with van der Waals surface area (Å²) in [6.45, 7) is 9.61. The van der Waals surface area contributed by atoms with Gasteiger partial charge in [0.05, 0.1) is 38.6 Å². The number of amides is 2. The van der Waals surface area contributed by atoms with Gasteiger partial charge >= 0.3 is 12.1 Å². The number of likely N-dealkylation sites (N-methyl/N-ethyl adjacent to an activating group) is 1. The lowest BCUT2D eigenvalue weighted by Crippen LogP contribution is -2.36. The Hall–Kier alpha value is -3.83. The zero-order valence-corrected chi connectivity index (χ0v) is 24.5. The molecule has 0 saturated heterocycles. The molecular weight excluding hydrogens is 528 g/mol. The highest BCUT2D eigenvalue weighted by Gasteiger charge is 2.29. The lowest BCUT2D eigenvalue weighted by Gasteiger charge is -2.24. The van der Waals surface area contributed by atoms with Crippen molar-refractivity contribution in [3.8, 4) is 0 Å². The predicted molar refractivity (Wildman–Crippen MR) is 153 cm³/mol. The first-order chi connectivity index (χ1) is 19.6. The molecule has 222 valence electrons. The molecule has 2 heterocycles.